The van der Waals surface area contributed by atoms with Gasteiger partial charge in [0, 0.05) is 6.04 Å². The van der Waals surface area contributed by atoms with Crippen LogP contribution in [-0.4, -0.2) is 12.6 Å². The minimum absolute atomic E-state index is 0.877. The Labute approximate surface area is 75.9 Å². The Morgan fingerprint density at radius 3 is 2.33 bits per heavy atom. The lowest BCUT2D eigenvalue weighted by Crippen LogP contribution is -2.35. The average molecular weight is 167 g/mol. The highest BCUT2D eigenvalue weighted by molar-refractivity contribution is 4.78. The molecule has 0 spiro atoms. The first-order chi connectivity index (χ1) is 5.95. The topological polar surface area (TPSA) is 12.0 Å². The minimum atomic E-state index is 0.877. The van der Waals surface area contributed by atoms with Crippen LogP contribution in [0.2, 0.25) is 0 Å². The molecule has 1 unspecified atom stereocenters. The number of nitrogens with one attached hydrogen (secondary N) is 1. The second kappa shape index (κ2) is 4.27. The van der Waals surface area contributed by atoms with Gasteiger partial charge in [-0.15, -0.1) is 0 Å². The molecule has 1 aliphatic carbocycles. The van der Waals surface area contributed by atoms with Crippen LogP contribution >= 0.6 is 0 Å². The molecule has 0 aromatic heterocycles. The monoisotopic (exact) mass is 167 g/mol. The Balaban J connectivity index is 1.69. The van der Waals surface area contributed by atoms with E-state index >= 15 is 0 Å². The maximum absolute atomic E-state index is 3.65. The van der Waals surface area contributed by atoms with Crippen molar-refractivity contribution in [2.24, 2.45) is 5.92 Å². The van der Waals surface area contributed by atoms with E-state index in [9.17, 15) is 0 Å². The molecule has 1 saturated carbocycles. The lowest BCUT2D eigenvalue weighted by Gasteiger charge is -2.25. The summed E-state index contributed by atoms with van der Waals surface area (Å²) in [5, 5.41) is 3.65. The third-order valence-corrected chi connectivity index (χ3v) is 3.50. The smallest absolute Gasteiger partial charge is 0.00697 e. The van der Waals surface area contributed by atoms with Gasteiger partial charge in [0.25, 0.3) is 0 Å². The van der Waals surface area contributed by atoms with Gasteiger partial charge < -0.3 is 5.32 Å². The Hall–Kier alpha value is -0.0400. The van der Waals surface area contributed by atoms with Gasteiger partial charge in [-0.1, -0.05) is 32.1 Å². The van der Waals surface area contributed by atoms with Gasteiger partial charge in [-0.3, -0.25) is 0 Å². The van der Waals surface area contributed by atoms with Gasteiger partial charge in [-0.25, -0.2) is 0 Å². The third kappa shape index (κ3) is 2.22. The van der Waals surface area contributed by atoms with Crippen LogP contribution in [0.5, 0.6) is 0 Å². The quantitative estimate of drug-likeness (QED) is 0.667. The van der Waals surface area contributed by atoms with Gasteiger partial charge in [0.2, 0.25) is 0 Å². The van der Waals surface area contributed by atoms with Crippen LogP contribution in [0.1, 0.15) is 51.4 Å². The van der Waals surface area contributed by atoms with E-state index in [1.54, 1.807) is 0 Å². The van der Waals surface area contributed by atoms with Crippen LogP contribution < -0.4 is 5.32 Å². The highest BCUT2D eigenvalue weighted by Gasteiger charge is 2.20. The maximum Gasteiger partial charge on any atom is 0.00697 e. The van der Waals surface area contributed by atoms with Crippen molar-refractivity contribution in [3.63, 3.8) is 0 Å². The number of rotatable bonds is 2. The second-order valence-electron chi connectivity index (χ2n) is 4.53. The molecule has 0 radical (unpaired) electrons. The lowest BCUT2D eigenvalue weighted by molar-refractivity contribution is 0.329. The van der Waals surface area contributed by atoms with Gasteiger partial charge in [-0.2, -0.15) is 0 Å². The largest absolute Gasteiger partial charge is 0.314 e. The molecular weight excluding hydrogens is 146 g/mol. The summed E-state index contributed by atoms with van der Waals surface area (Å²) in [6.45, 7) is 1.28. The zero-order chi connectivity index (χ0) is 8.23. The summed E-state index contributed by atoms with van der Waals surface area (Å²) < 4.78 is 0. The SMILES string of the molecule is C1CCC(CC2CCCC2)NC1. The van der Waals surface area contributed by atoms with E-state index in [0.29, 0.717) is 0 Å². The fraction of sp³-hybridized carbons (Fsp3) is 1.00. The summed E-state index contributed by atoms with van der Waals surface area (Å²) >= 11 is 0. The van der Waals surface area contributed by atoms with E-state index in [1.807, 2.05) is 0 Å². The molecule has 2 fully saturated rings. The summed E-state index contributed by atoms with van der Waals surface area (Å²) in [7, 11) is 0. The van der Waals surface area contributed by atoms with Crippen molar-refractivity contribution in [3.8, 4) is 0 Å². The summed E-state index contributed by atoms with van der Waals surface area (Å²) in [4.78, 5) is 0. The highest BCUT2D eigenvalue weighted by Crippen LogP contribution is 2.30. The summed E-state index contributed by atoms with van der Waals surface area (Å²) in [6, 6.07) is 0.877. The van der Waals surface area contributed by atoms with E-state index in [1.165, 1.54) is 57.9 Å². The van der Waals surface area contributed by atoms with Crippen molar-refractivity contribution in [3.05, 3.63) is 0 Å². The Kier molecular flexibility index (Phi) is 3.04. The molecule has 1 heterocycles. The molecule has 1 saturated heterocycles. The standard InChI is InChI=1S/C11H21N/c1-2-6-10(5-1)9-11-7-3-4-8-12-11/h10-12H,1-9H2. The van der Waals surface area contributed by atoms with E-state index < -0.39 is 0 Å². The Morgan fingerprint density at radius 1 is 0.917 bits per heavy atom. The first kappa shape index (κ1) is 8.55. The average Bonchev–Trinajstić information content (AvgIpc) is 2.59. The fourth-order valence-electron chi connectivity index (χ4n) is 2.77. The van der Waals surface area contributed by atoms with Gasteiger partial charge in [-0.05, 0) is 31.7 Å². The Morgan fingerprint density at radius 2 is 1.67 bits per heavy atom. The van der Waals surface area contributed by atoms with Crippen molar-refractivity contribution in [2.45, 2.75) is 57.4 Å². The molecule has 1 nitrogen and oxygen atoms in total. The fourth-order valence-corrected chi connectivity index (χ4v) is 2.77. The zero-order valence-electron chi connectivity index (χ0n) is 8.02. The van der Waals surface area contributed by atoms with Gasteiger partial charge in [0.1, 0.15) is 0 Å². The minimum Gasteiger partial charge on any atom is -0.314 e. The molecule has 1 aliphatic heterocycles. The van der Waals surface area contributed by atoms with Crippen LogP contribution in [0.4, 0.5) is 0 Å². The van der Waals surface area contributed by atoms with E-state index in [4.69, 9.17) is 0 Å². The first-order valence-electron chi connectivity index (χ1n) is 5.68. The van der Waals surface area contributed by atoms with Crippen LogP contribution in [-0.2, 0) is 0 Å². The second-order valence-corrected chi connectivity index (χ2v) is 4.53. The van der Waals surface area contributed by atoms with Crippen molar-refractivity contribution >= 4 is 0 Å². The van der Waals surface area contributed by atoms with Crippen LogP contribution in [0.3, 0.4) is 0 Å². The number of piperidine rings is 1. The summed E-state index contributed by atoms with van der Waals surface area (Å²) in [6.07, 6.45) is 11.8. The molecule has 0 amide bonds. The predicted molar refractivity (Wildman–Crippen MR) is 52.2 cm³/mol. The summed E-state index contributed by atoms with van der Waals surface area (Å²) in [5.74, 6) is 1.07. The molecular formula is C11H21N. The molecule has 1 heteroatoms. The zero-order valence-corrected chi connectivity index (χ0v) is 8.02. The molecule has 0 aromatic rings. The third-order valence-electron chi connectivity index (χ3n) is 3.50. The summed E-state index contributed by atoms with van der Waals surface area (Å²) in [5.41, 5.74) is 0. The number of hydrogen-bond acceptors (Lipinski definition) is 1. The van der Waals surface area contributed by atoms with E-state index in [0.717, 1.165) is 12.0 Å². The molecule has 12 heavy (non-hydrogen) atoms. The first-order valence-corrected chi connectivity index (χ1v) is 5.68. The molecule has 0 aromatic carbocycles. The van der Waals surface area contributed by atoms with Crippen LogP contribution in [0.25, 0.3) is 0 Å². The van der Waals surface area contributed by atoms with Crippen molar-refractivity contribution in [1.82, 2.24) is 5.32 Å². The number of hydrogen-bond donors (Lipinski definition) is 1. The van der Waals surface area contributed by atoms with Gasteiger partial charge in [0.15, 0.2) is 0 Å². The molecule has 1 atom stereocenters. The molecule has 1 N–H and O–H groups in total. The van der Waals surface area contributed by atoms with Crippen LogP contribution in [0.15, 0.2) is 0 Å². The van der Waals surface area contributed by atoms with Gasteiger partial charge in [0.05, 0.1) is 0 Å². The van der Waals surface area contributed by atoms with Crippen molar-refractivity contribution < 1.29 is 0 Å². The van der Waals surface area contributed by atoms with E-state index in [-0.39, 0.29) is 0 Å². The molecule has 70 valence electrons. The lowest BCUT2D eigenvalue weighted by atomic mass is 9.93. The van der Waals surface area contributed by atoms with Crippen LogP contribution in [0, 0.1) is 5.92 Å². The molecule has 2 rings (SSSR count). The Bertz CT molecular complexity index is 121. The predicted octanol–water partition coefficient (Wildman–Crippen LogP) is 2.71. The highest BCUT2D eigenvalue weighted by atomic mass is 14.9. The normalized spacial score (nSPS) is 32.5. The molecule has 2 aliphatic rings. The van der Waals surface area contributed by atoms with Crippen molar-refractivity contribution in [2.75, 3.05) is 6.54 Å². The van der Waals surface area contributed by atoms with E-state index in [2.05, 4.69) is 5.32 Å². The van der Waals surface area contributed by atoms with Gasteiger partial charge >= 0.3 is 0 Å². The van der Waals surface area contributed by atoms with Crippen molar-refractivity contribution in [1.29, 1.82) is 0 Å². The molecule has 0 bridgehead atoms. The maximum atomic E-state index is 3.65.